The van der Waals surface area contributed by atoms with Crippen molar-refractivity contribution in [2.24, 2.45) is 0 Å². The van der Waals surface area contributed by atoms with Crippen LogP contribution in [0.25, 0.3) is 0 Å². The highest BCUT2D eigenvalue weighted by Crippen LogP contribution is 2.13. The average molecular weight is 428 g/mol. The third-order valence-electron chi connectivity index (χ3n) is 6.12. The van der Waals surface area contributed by atoms with E-state index in [9.17, 15) is 15.0 Å². The zero-order chi connectivity index (χ0) is 22.3. The number of rotatable bonds is 23. The van der Waals surface area contributed by atoms with Gasteiger partial charge in [0.05, 0.1) is 18.8 Å². The zero-order valence-corrected chi connectivity index (χ0v) is 20.3. The summed E-state index contributed by atoms with van der Waals surface area (Å²) in [4.78, 5) is 12.1. The minimum absolute atomic E-state index is 0.0383. The number of carbonyl (C=O) groups is 1. The maximum absolute atomic E-state index is 12.1. The van der Waals surface area contributed by atoms with Crippen molar-refractivity contribution in [2.75, 3.05) is 6.61 Å². The summed E-state index contributed by atoms with van der Waals surface area (Å²) in [6.07, 6.45) is 22.8. The van der Waals surface area contributed by atoms with Crippen LogP contribution in [-0.4, -0.2) is 34.9 Å². The molecule has 0 aliphatic carbocycles. The number of aliphatic hydroxyl groups is 2. The number of hydrogen-bond donors (Lipinski definition) is 3. The van der Waals surface area contributed by atoms with Crippen LogP contribution in [0.5, 0.6) is 0 Å². The Bertz CT molecular complexity index is 362. The molecule has 0 unspecified atom stereocenters. The largest absolute Gasteiger partial charge is 0.394 e. The van der Waals surface area contributed by atoms with Gasteiger partial charge >= 0.3 is 0 Å². The molecule has 0 heterocycles. The molecule has 4 heteroatoms. The van der Waals surface area contributed by atoms with Crippen LogP contribution in [0.4, 0.5) is 0 Å². The molecule has 0 aromatic rings. The molecule has 30 heavy (non-hydrogen) atoms. The van der Waals surface area contributed by atoms with Gasteiger partial charge in [0.15, 0.2) is 0 Å². The average Bonchev–Trinajstić information content (AvgIpc) is 2.75. The Kier molecular flexibility index (Phi) is 22.6. The minimum atomic E-state index is -0.646. The molecule has 0 saturated heterocycles. The predicted octanol–water partition coefficient (Wildman–Crippen LogP) is 6.67. The van der Waals surface area contributed by atoms with E-state index in [4.69, 9.17) is 0 Å². The number of nitrogens with one attached hydrogen (secondary N) is 1. The topological polar surface area (TPSA) is 69.6 Å². The Morgan fingerprint density at radius 2 is 1.07 bits per heavy atom. The molecule has 2 atom stereocenters. The van der Waals surface area contributed by atoms with Gasteiger partial charge < -0.3 is 15.5 Å². The van der Waals surface area contributed by atoms with Gasteiger partial charge in [0, 0.05) is 6.42 Å². The van der Waals surface area contributed by atoms with Gasteiger partial charge in [-0.05, 0) is 12.8 Å². The lowest BCUT2D eigenvalue weighted by Gasteiger charge is -2.22. The fourth-order valence-corrected chi connectivity index (χ4v) is 4.00. The molecule has 0 radical (unpaired) electrons. The highest BCUT2D eigenvalue weighted by molar-refractivity contribution is 5.76. The second kappa shape index (κ2) is 23.1. The van der Waals surface area contributed by atoms with Gasteiger partial charge in [-0.15, -0.1) is 0 Å². The highest BCUT2D eigenvalue weighted by Gasteiger charge is 2.19. The van der Waals surface area contributed by atoms with Crippen LogP contribution < -0.4 is 5.32 Å². The molecule has 1 amide bonds. The molecule has 4 nitrogen and oxygen atoms in total. The van der Waals surface area contributed by atoms with Crippen LogP contribution >= 0.6 is 0 Å². The molecule has 0 rings (SSSR count). The fourth-order valence-electron chi connectivity index (χ4n) is 4.00. The number of carbonyl (C=O) groups excluding carboxylic acids is 1. The third kappa shape index (κ3) is 19.4. The quantitative estimate of drug-likeness (QED) is 0.160. The van der Waals surface area contributed by atoms with Crippen LogP contribution in [0.1, 0.15) is 142 Å². The van der Waals surface area contributed by atoms with E-state index in [0.717, 1.165) is 25.7 Å². The van der Waals surface area contributed by atoms with Gasteiger partial charge in [-0.3, -0.25) is 4.79 Å². The smallest absolute Gasteiger partial charge is 0.220 e. The van der Waals surface area contributed by atoms with Gasteiger partial charge in [-0.25, -0.2) is 0 Å². The second-order valence-electron chi connectivity index (χ2n) is 9.12. The van der Waals surface area contributed by atoms with Crippen molar-refractivity contribution in [3.05, 3.63) is 0 Å². The van der Waals surface area contributed by atoms with Crippen molar-refractivity contribution in [1.29, 1.82) is 0 Å². The van der Waals surface area contributed by atoms with Crippen molar-refractivity contribution in [3.8, 4) is 0 Å². The second-order valence-corrected chi connectivity index (χ2v) is 9.12. The number of amides is 1. The van der Waals surface area contributed by atoms with Crippen molar-refractivity contribution in [2.45, 2.75) is 154 Å². The Morgan fingerprint density at radius 3 is 1.50 bits per heavy atom. The lowest BCUT2D eigenvalue weighted by atomic mass is 10.0. The molecular weight excluding hydrogens is 374 g/mol. The van der Waals surface area contributed by atoms with Gasteiger partial charge in [-0.2, -0.15) is 0 Å². The minimum Gasteiger partial charge on any atom is -0.394 e. The predicted molar refractivity (Wildman–Crippen MR) is 129 cm³/mol. The first-order chi connectivity index (χ1) is 14.7. The molecule has 3 N–H and O–H groups in total. The van der Waals surface area contributed by atoms with Crippen molar-refractivity contribution in [3.63, 3.8) is 0 Å². The number of hydrogen-bond acceptors (Lipinski definition) is 3. The molecular formula is C26H53NO3. The maximum atomic E-state index is 12.1. The molecule has 0 aliphatic heterocycles. The molecule has 0 aliphatic rings. The maximum Gasteiger partial charge on any atom is 0.220 e. The van der Waals surface area contributed by atoms with E-state index < -0.39 is 12.1 Å². The van der Waals surface area contributed by atoms with Crippen LogP contribution in [0.2, 0.25) is 0 Å². The lowest BCUT2D eigenvalue weighted by Crippen LogP contribution is -2.45. The molecule has 0 saturated carbocycles. The lowest BCUT2D eigenvalue weighted by molar-refractivity contribution is -0.123. The van der Waals surface area contributed by atoms with Gasteiger partial charge in [0.1, 0.15) is 0 Å². The van der Waals surface area contributed by atoms with E-state index in [1.165, 1.54) is 89.9 Å². The number of aliphatic hydroxyl groups excluding tert-OH is 2. The van der Waals surface area contributed by atoms with Crippen molar-refractivity contribution < 1.29 is 15.0 Å². The van der Waals surface area contributed by atoms with E-state index in [1.54, 1.807) is 0 Å². The fraction of sp³-hybridized carbons (Fsp3) is 0.962. The summed E-state index contributed by atoms with van der Waals surface area (Å²) in [5, 5.41) is 22.6. The van der Waals surface area contributed by atoms with Crippen LogP contribution in [0.15, 0.2) is 0 Å². The summed E-state index contributed by atoms with van der Waals surface area (Å²) in [6.45, 7) is 4.28. The molecule has 180 valence electrons. The van der Waals surface area contributed by atoms with Gasteiger partial charge in [0.2, 0.25) is 5.91 Å². The van der Waals surface area contributed by atoms with E-state index >= 15 is 0 Å². The Balaban J connectivity index is 3.62. The Labute approximate surface area is 187 Å². The standard InChI is InChI=1S/C26H53NO3/c1-3-5-7-9-11-12-13-14-16-18-20-22-26(30)27-24(23-28)25(29)21-19-17-15-10-8-6-4-2/h24-25,28-29H,3-23H2,1-2H3,(H,27,30)/t24-,25+/m0/s1. The van der Waals surface area contributed by atoms with Crippen LogP contribution in [0, 0.1) is 0 Å². The van der Waals surface area contributed by atoms with E-state index in [0.29, 0.717) is 12.8 Å². The Hall–Kier alpha value is -0.610. The molecule has 0 spiro atoms. The van der Waals surface area contributed by atoms with Crippen molar-refractivity contribution >= 4 is 5.91 Å². The molecule has 0 fully saturated rings. The Morgan fingerprint density at radius 1 is 0.667 bits per heavy atom. The van der Waals surface area contributed by atoms with Crippen molar-refractivity contribution in [1.82, 2.24) is 5.32 Å². The third-order valence-corrected chi connectivity index (χ3v) is 6.12. The van der Waals surface area contributed by atoms with Gasteiger partial charge in [0.25, 0.3) is 0 Å². The summed E-state index contributed by atoms with van der Waals surface area (Å²) < 4.78 is 0. The highest BCUT2D eigenvalue weighted by atomic mass is 16.3. The summed E-state index contributed by atoms with van der Waals surface area (Å²) >= 11 is 0. The first kappa shape index (κ1) is 29.4. The zero-order valence-electron chi connectivity index (χ0n) is 20.3. The first-order valence-electron chi connectivity index (χ1n) is 13.2. The first-order valence-corrected chi connectivity index (χ1v) is 13.2. The SMILES string of the molecule is CCCCCCCCCCCCCC(=O)N[C@@H](CO)[C@H](O)CCCCCCCCC. The summed E-state index contributed by atoms with van der Waals surface area (Å²) in [5.74, 6) is -0.0383. The molecule has 0 aromatic carbocycles. The monoisotopic (exact) mass is 427 g/mol. The summed E-state index contributed by atoms with van der Waals surface area (Å²) in [6, 6.07) is -0.523. The van der Waals surface area contributed by atoms with E-state index in [-0.39, 0.29) is 12.5 Å². The summed E-state index contributed by atoms with van der Waals surface area (Å²) in [5.41, 5.74) is 0. The molecule has 0 aromatic heterocycles. The summed E-state index contributed by atoms with van der Waals surface area (Å²) in [7, 11) is 0. The van der Waals surface area contributed by atoms with Crippen LogP contribution in [-0.2, 0) is 4.79 Å². The van der Waals surface area contributed by atoms with Gasteiger partial charge in [-0.1, -0.05) is 123 Å². The number of unbranched alkanes of at least 4 members (excludes halogenated alkanes) is 16. The normalized spacial score (nSPS) is 13.3. The molecule has 0 bridgehead atoms. The van der Waals surface area contributed by atoms with E-state index in [2.05, 4.69) is 19.2 Å². The van der Waals surface area contributed by atoms with Crippen LogP contribution in [0.3, 0.4) is 0 Å². The van der Waals surface area contributed by atoms with E-state index in [1.807, 2.05) is 0 Å².